The lowest BCUT2D eigenvalue weighted by atomic mass is 10.1. The molecule has 3 heteroatoms. The van der Waals surface area contributed by atoms with Crippen LogP contribution in [-0.2, 0) is 12.0 Å². The van der Waals surface area contributed by atoms with E-state index in [1.165, 1.54) is 29.0 Å². The second kappa shape index (κ2) is 3.93. The smallest absolute Gasteiger partial charge is 0.0991 e. The number of benzene rings is 1. The minimum Gasteiger partial charge on any atom is -0.326 e. The molecule has 1 aromatic heterocycles. The van der Waals surface area contributed by atoms with E-state index in [1.54, 1.807) is 11.3 Å². The zero-order valence-electron chi connectivity index (χ0n) is 9.94. The van der Waals surface area contributed by atoms with Crippen molar-refractivity contribution in [3.63, 3.8) is 0 Å². The molecule has 0 radical (unpaired) electrons. The van der Waals surface area contributed by atoms with Crippen LogP contribution in [0.5, 0.6) is 0 Å². The summed E-state index contributed by atoms with van der Waals surface area (Å²) in [5.74, 6) is 0. The number of rotatable bonds is 3. The monoisotopic (exact) mass is 244 g/mol. The third-order valence-corrected chi connectivity index (χ3v) is 4.65. The van der Waals surface area contributed by atoms with Gasteiger partial charge in [0.1, 0.15) is 0 Å². The fourth-order valence-electron chi connectivity index (χ4n) is 1.90. The highest BCUT2D eigenvalue weighted by molar-refractivity contribution is 7.10. The Morgan fingerprint density at radius 3 is 2.59 bits per heavy atom. The van der Waals surface area contributed by atoms with Crippen molar-refractivity contribution in [2.24, 2.45) is 5.73 Å². The molecule has 2 aromatic rings. The standard InChI is InChI=1S/C14H16N2S/c1-14(6-7-14)13-16-12(9-17-13)11-4-2-10(8-15)3-5-11/h2-5,9H,6-8,15H2,1H3. The van der Waals surface area contributed by atoms with Gasteiger partial charge in [0.05, 0.1) is 10.7 Å². The largest absolute Gasteiger partial charge is 0.326 e. The maximum absolute atomic E-state index is 5.59. The highest BCUT2D eigenvalue weighted by Gasteiger charge is 2.41. The number of hydrogen-bond donors (Lipinski definition) is 1. The molecule has 2 nitrogen and oxygen atoms in total. The molecule has 2 N–H and O–H groups in total. The van der Waals surface area contributed by atoms with Crippen LogP contribution in [0.3, 0.4) is 0 Å². The van der Waals surface area contributed by atoms with Crippen LogP contribution in [0.15, 0.2) is 29.6 Å². The van der Waals surface area contributed by atoms with Crippen molar-refractivity contribution in [1.82, 2.24) is 4.98 Å². The molecule has 17 heavy (non-hydrogen) atoms. The van der Waals surface area contributed by atoms with Gasteiger partial charge in [-0.2, -0.15) is 0 Å². The van der Waals surface area contributed by atoms with Crippen molar-refractivity contribution in [3.8, 4) is 11.3 Å². The fraction of sp³-hybridized carbons (Fsp3) is 0.357. The normalized spacial score (nSPS) is 17.1. The van der Waals surface area contributed by atoms with E-state index in [0.29, 0.717) is 12.0 Å². The lowest BCUT2D eigenvalue weighted by molar-refractivity contribution is 0.777. The molecule has 1 saturated carbocycles. The zero-order chi connectivity index (χ0) is 11.9. The summed E-state index contributed by atoms with van der Waals surface area (Å²) in [4.78, 5) is 4.76. The zero-order valence-corrected chi connectivity index (χ0v) is 10.8. The van der Waals surface area contributed by atoms with Crippen LogP contribution in [0, 0.1) is 0 Å². The van der Waals surface area contributed by atoms with Gasteiger partial charge in [-0.25, -0.2) is 4.98 Å². The summed E-state index contributed by atoms with van der Waals surface area (Å²) in [6.45, 7) is 2.90. The lowest BCUT2D eigenvalue weighted by Gasteiger charge is -2.02. The van der Waals surface area contributed by atoms with Gasteiger partial charge in [0.15, 0.2) is 0 Å². The molecule has 1 aliphatic carbocycles. The van der Waals surface area contributed by atoms with Crippen LogP contribution in [0.4, 0.5) is 0 Å². The Balaban J connectivity index is 1.90. The molecule has 1 aromatic carbocycles. The van der Waals surface area contributed by atoms with E-state index in [0.717, 1.165) is 5.69 Å². The van der Waals surface area contributed by atoms with Gasteiger partial charge in [0.25, 0.3) is 0 Å². The van der Waals surface area contributed by atoms with Gasteiger partial charge in [0, 0.05) is 22.9 Å². The summed E-state index contributed by atoms with van der Waals surface area (Å²) in [5, 5.41) is 3.45. The van der Waals surface area contributed by atoms with Crippen molar-refractivity contribution in [1.29, 1.82) is 0 Å². The molecule has 88 valence electrons. The molecule has 0 amide bonds. The van der Waals surface area contributed by atoms with E-state index in [2.05, 4.69) is 36.6 Å². The second-order valence-electron chi connectivity index (χ2n) is 5.00. The van der Waals surface area contributed by atoms with Crippen molar-refractivity contribution in [3.05, 3.63) is 40.2 Å². The molecule has 3 rings (SSSR count). The van der Waals surface area contributed by atoms with E-state index in [1.807, 2.05) is 0 Å². The summed E-state index contributed by atoms with van der Waals surface area (Å²) in [5.41, 5.74) is 9.42. The molecule has 0 unspecified atom stereocenters. The Morgan fingerprint density at radius 1 is 1.29 bits per heavy atom. The second-order valence-corrected chi connectivity index (χ2v) is 5.86. The van der Waals surface area contributed by atoms with E-state index in [9.17, 15) is 0 Å². The predicted molar refractivity (Wildman–Crippen MR) is 72.0 cm³/mol. The van der Waals surface area contributed by atoms with Gasteiger partial charge in [-0.3, -0.25) is 0 Å². The Bertz CT molecular complexity index is 523. The molecule has 0 spiro atoms. The Kier molecular flexibility index (Phi) is 2.53. The molecular weight excluding hydrogens is 228 g/mol. The number of thiazole rings is 1. The quantitative estimate of drug-likeness (QED) is 0.899. The van der Waals surface area contributed by atoms with E-state index in [-0.39, 0.29) is 0 Å². The summed E-state index contributed by atoms with van der Waals surface area (Å²) in [6, 6.07) is 8.37. The van der Waals surface area contributed by atoms with Crippen LogP contribution >= 0.6 is 11.3 Å². The summed E-state index contributed by atoms with van der Waals surface area (Å²) < 4.78 is 0. The summed E-state index contributed by atoms with van der Waals surface area (Å²) in [6.07, 6.45) is 2.57. The number of hydrogen-bond acceptors (Lipinski definition) is 3. The van der Waals surface area contributed by atoms with Gasteiger partial charge in [0.2, 0.25) is 0 Å². The Hall–Kier alpha value is -1.19. The van der Waals surface area contributed by atoms with Crippen LogP contribution < -0.4 is 5.73 Å². The molecular formula is C14H16N2S. The fourth-order valence-corrected chi connectivity index (χ4v) is 2.95. The van der Waals surface area contributed by atoms with E-state index in [4.69, 9.17) is 10.7 Å². The average molecular weight is 244 g/mol. The Morgan fingerprint density at radius 2 is 2.00 bits per heavy atom. The minimum absolute atomic E-state index is 0.375. The topological polar surface area (TPSA) is 38.9 Å². The molecule has 0 aliphatic heterocycles. The lowest BCUT2D eigenvalue weighted by Crippen LogP contribution is -1.98. The van der Waals surface area contributed by atoms with Gasteiger partial charge in [-0.15, -0.1) is 11.3 Å². The first-order valence-electron chi connectivity index (χ1n) is 5.97. The number of nitrogens with zero attached hydrogens (tertiary/aromatic N) is 1. The first-order valence-corrected chi connectivity index (χ1v) is 6.85. The number of nitrogens with two attached hydrogens (primary N) is 1. The summed E-state index contributed by atoms with van der Waals surface area (Å²) in [7, 11) is 0. The van der Waals surface area contributed by atoms with Crippen molar-refractivity contribution in [2.45, 2.75) is 31.7 Å². The first-order chi connectivity index (χ1) is 8.21. The van der Waals surface area contributed by atoms with E-state index >= 15 is 0 Å². The molecule has 1 aliphatic rings. The number of aromatic nitrogens is 1. The molecule has 1 heterocycles. The van der Waals surface area contributed by atoms with Gasteiger partial charge >= 0.3 is 0 Å². The molecule has 0 atom stereocenters. The van der Waals surface area contributed by atoms with Gasteiger partial charge in [-0.05, 0) is 18.4 Å². The summed E-state index contributed by atoms with van der Waals surface area (Å²) >= 11 is 1.79. The first kappa shape index (κ1) is 10.9. The third-order valence-electron chi connectivity index (χ3n) is 3.51. The average Bonchev–Trinajstić information content (AvgIpc) is 2.94. The minimum atomic E-state index is 0.375. The van der Waals surface area contributed by atoms with Gasteiger partial charge in [-0.1, -0.05) is 31.2 Å². The van der Waals surface area contributed by atoms with Crippen molar-refractivity contribution >= 4 is 11.3 Å². The maximum atomic E-state index is 5.59. The molecule has 0 bridgehead atoms. The van der Waals surface area contributed by atoms with E-state index < -0.39 is 0 Å². The van der Waals surface area contributed by atoms with Crippen molar-refractivity contribution < 1.29 is 0 Å². The Labute approximate surface area is 106 Å². The predicted octanol–water partition coefficient (Wildman–Crippen LogP) is 3.32. The molecule has 0 saturated heterocycles. The van der Waals surface area contributed by atoms with Crippen molar-refractivity contribution in [2.75, 3.05) is 0 Å². The maximum Gasteiger partial charge on any atom is 0.0991 e. The van der Waals surface area contributed by atoms with Crippen LogP contribution in [0.25, 0.3) is 11.3 Å². The molecule has 1 fully saturated rings. The highest BCUT2D eigenvalue weighted by atomic mass is 32.1. The van der Waals surface area contributed by atoms with Gasteiger partial charge < -0.3 is 5.73 Å². The SMILES string of the molecule is CC1(c2nc(-c3ccc(CN)cc3)cs2)CC1. The van der Waals surface area contributed by atoms with Crippen LogP contribution in [-0.4, -0.2) is 4.98 Å². The third kappa shape index (κ3) is 2.01. The van der Waals surface area contributed by atoms with Crippen LogP contribution in [0.1, 0.15) is 30.3 Å². The van der Waals surface area contributed by atoms with Crippen LogP contribution in [0.2, 0.25) is 0 Å². The highest BCUT2D eigenvalue weighted by Crippen LogP contribution is 2.49.